The summed E-state index contributed by atoms with van der Waals surface area (Å²) in [6.07, 6.45) is 2.56. The van der Waals surface area contributed by atoms with Crippen LogP contribution >= 0.6 is 0 Å². The molecule has 0 amide bonds. The summed E-state index contributed by atoms with van der Waals surface area (Å²) in [7, 11) is 0. The summed E-state index contributed by atoms with van der Waals surface area (Å²) in [5, 5.41) is 3.22. The molecule has 0 spiro atoms. The van der Waals surface area contributed by atoms with Gasteiger partial charge in [0.2, 0.25) is 0 Å². The van der Waals surface area contributed by atoms with Gasteiger partial charge in [-0.3, -0.25) is 4.79 Å². The number of hydrogen-bond acceptors (Lipinski definition) is 2. The summed E-state index contributed by atoms with van der Waals surface area (Å²) < 4.78 is 0. The van der Waals surface area contributed by atoms with E-state index in [1.807, 2.05) is 19.9 Å². The lowest BCUT2D eigenvalue weighted by Crippen LogP contribution is -2.29. The number of H-pyrrole nitrogens is 1. The molecule has 0 radical (unpaired) electrons. The van der Waals surface area contributed by atoms with Crippen molar-refractivity contribution in [3.63, 3.8) is 0 Å². The molecule has 0 aliphatic carbocycles. The minimum Gasteiger partial charge on any atom is -0.329 e. The van der Waals surface area contributed by atoms with Crippen molar-refractivity contribution in [2.45, 2.75) is 26.8 Å². The molecule has 13 heavy (non-hydrogen) atoms. The molecule has 0 saturated heterocycles. The molecule has 1 aliphatic heterocycles. The molecule has 2 rings (SSSR count). The third-order valence-corrected chi connectivity index (χ3v) is 2.03. The van der Waals surface area contributed by atoms with E-state index in [0.717, 1.165) is 30.6 Å². The smallest absolute Gasteiger partial charge is 0.251 e. The lowest BCUT2D eigenvalue weighted by atomic mass is 10.0. The van der Waals surface area contributed by atoms with Gasteiger partial charge in [-0.1, -0.05) is 13.8 Å². The van der Waals surface area contributed by atoms with Gasteiger partial charge in [0.25, 0.3) is 5.56 Å². The van der Waals surface area contributed by atoms with Crippen LogP contribution in [0.3, 0.4) is 0 Å². The van der Waals surface area contributed by atoms with E-state index in [2.05, 4.69) is 10.3 Å². The van der Waals surface area contributed by atoms with E-state index in [9.17, 15) is 4.79 Å². The lowest BCUT2D eigenvalue weighted by Gasteiger charge is -2.14. The first kappa shape index (κ1) is 9.99. The molecule has 0 atom stereocenters. The van der Waals surface area contributed by atoms with E-state index >= 15 is 0 Å². The molecule has 1 aliphatic rings. The summed E-state index contributed by atoms with van der Waals surface area (Å²) in [4.78, 5) is 13.9. The Morgan fingerprint density at radius 3 is 2.85 bits per heavy atom. The number of aromatic nitrogens is 1. The van der Waals surface area contributed by atoms with Gasteiger partial charge in [0.1, 0.15) is 0 Å². The predicted octanol–water partition coefficient (Wildman–Crippen LogP) is 1.05. The Hall–Kier alpha value is -1.09. The van der Waals surface area contributed by atoms with Crippen molar-refractivity contribution in [1.82, 2.24) is 10.3 Å². The second-order valence-electron chi connectivity index (χ2n) is 2.74. The molecule has 0 unspecified atom stereocenters. The molecule has 0 fully saturated rings. The number of rotatable bonds is 0. The van der Waals surface area contributed by atoms with Crippen LogP contribution in [0.4, 0.5) is 0 Å². The van der Waals surface area contributed by atoms with Crippen LogP contribution in [0.25, 0.3) is 0 Å². The quantitative estimate of drug-likeness (QED) is 0.626. The van der Waals surface area contributed by atoms with Crippen LogP contribution in [-0.4, -0.2) is 11.5 Å². The molecule has 72 valence electrons. The fourth-order valence-electron chi connectivity index (χ4n) is 1.43. The number of nitrogens with one attached hydrogen (secondary N) is 2. The Kier molecular flexibility index (Phi) is 3.71. The van der Waals surface area contributed by atoms with Crippen molar-refractivity contribution < 1.29 is 0 Å². The lowest BCUT2D eigenvalue weighted by molar-refractivity contribution is 0.637. The van der Waals surface area contributed by atoms with Gasteiger partial charge in [-0.15, -0.1) is 0 Å². The molecule has 0 aromatic carbocycles. The Bertz CT molecular complexity index is 317. The first-order valence-electron chi connectivity index (χ1n) is 4.78. The molecule has 2 N–H and O–H groups in total. The molecular formula is C10H16N2O. The molecule has 0 bridgehead atoms. The average Bonchev–Trinajstić information content (AvgIpc) is 2.22. The van der Waals surface area contributed by atoms with Crippen molar-refractivity contribution >= 4 is 0 Å². The Morgan fingerprint density at radius 1 is 1.38 bits per heavy atom. The topological polar surface area (TPSA) is 44.9 Å². The van der Waals surface area contributed by atoms with Crippen LogP contribution < -0.4 is 10.9 Å². The maximum Gasteiger partial charge on any atom is 0.251 e. The highest BCUT2D eigenvalue weighted by molar-refractivity contribution is 5.25. The summed E-state index contributed by atoms with van der Waals surface area (Å²) in [5.41, 5.74) is 2.16. The Labute approximate surface area is 78.2 Å². The van der Waals surface area contributed by atoms with Crippen LogP contribution in [0.1, 0.15) is 25.0 Å². The number of hydrogen-bond donors (Lipinski definition) is 2. The van der Waals surface area contributed by atoms with E-state index in [0.29, 0.717) is 0 Å². The van der Waals surface area contributed by atoms with Crippen LogP contribution in [0.2, 0.25) is 0 Å². The summed E-state index contributed by atoms with van der Waals surface area (Å²) >= 11 is 0. The zero-order valence-electron chi connectivity index (χ0n) is 8.18. The normalized spacial score (nSPS) is 14.0. The van der Waals surface area contributed by atoms with Crippen molar-refractivity contribution in [1.29, 1.82) is 0 Å². The molecule has 3 heteroatoms. The SMILES string of the molecule is CC.O=c1[nH]ccc2c1CCNC2. The molecule has 1 aromatic heterocycles. The molecule has 3 nitrogen and oxygen atoms in total. The summed E-state index contributed by atoms with van der Waals surface area (Å²) in [5.74, 6) is 0. The highest BCUT2D eigenvalue weighted by Crippen LogP contribution is 2.06. The highest BCUT2D eigenvalue weighted by Gasteiger charge is 2.10. The van der Waals surface area contributed by atoms with Gasteiger partial charge in [-0.25, -0.2) is 0 Å². The largest absolute Gasteiger partial charge is 0.329 e. The fraction of sp³-hybridized carbons (Fsp3) is 0.500. The maximum atomic E-state index is 11.2. The summed E-state index contributed by atoms with van der Waals surface area (Å²) in [6.45, 7) is 5.75. The fourth-order valence-corrected chi connectivity index (χ4v) is 1.43. The van der Waals surface area contributed by atoms with Crippen molar-refractivity contribution in [2.75, 3.05) is 6.54 Å². The number of fused-ring (bicyclic) bond motifs is 1. The van der Waals surface area contributed by atoms with E-state index in [1.54, 1.807) is 6.20 Å². The highest BCUT2D eigenvalue weighted by atomic mass is 16.1. The first-order chi connectivity index (χ1) is 6.38. The molecule has 0 saturated carbocycles. The molecule has 1 aromatic rings. The van der Waals surface area contributed by atoms with Gasteiger partial charge in [0.15, 0.2) is 0 Å². The maximum absolute atomic E-state index is 11.2. The van der Waals surface area contributed by atoms with Crippen LogP contribution in [0.5, 0.6) is 0 Å². The summed E-state index contributed by atoms with van der Waals surface area (Å²) in [6, 6.07) is 1.96. The number of aromatic amines is 1. The van der Waals surface area contributed by atoms with Crippen LogP contribution in [-0.2, 0) is 13.0 Å². The standard InChI is InChI=1S/C8H10N2O.C2H6/c11-8-7-2-3-9-5-6(7)1-4-10-8;1-2/h1,4,9H,2-3,5H2,(H,10,11);1-2H3. The second-order valence-corrected chi connectivity index (χ2v) is 2.74. The number of pyridine rings is 1. The third kappa shape index (κ3) is 2.18. The third-order valence-electron chi connectivity index (χ3n) is 2.03. The van der Waals surface area contributed by atoms with Crippen molar-refractivity contribution in [3.05, 3.63) is 33.7 Å². The zero-order chi connectivity index (χ0) is 9.68. The monoisotopic (exact) mass is 180 g/mol. The molecule has 2 heterocycles. The average molecular weight is 180 g/mol. The van der Waals surface area contributed by atoms with Crippen LogP contribution in [0.15, 0.2) is 17.1 Å². The van der Waals surface area contributed by atoms with Crippen LogP contribution in [0, 0.1) is 0 Å². The van der Waals surface area contributed by atoms with Gasteiger partial charge < -0.3 is 10.3 Å². The van der Waals surface area contributed by atoms with Gasteiger partial charge in [0, 0.05) is 18.3 Å². The van der Waals surface area contributed by atoms with Gasteiger partial charge in [-0.05, 0) is 24.6 Å². The predicted molar refractivity (Wildman–Crippen MR) is 53.8 cm³/mol. The Morgan fingerprint density at radius 2 is 2.15 bits per heavy atom. The van der Waals surface area contributed by atoms with Gasteiger partial charge in [-0.2, -0.15) is 0 Å². The van der Waals surface area contributed by atoms with Gasteiger partial charge in [0.05, 0.1) is 0 Å². The van der Waals surface area contributed by atoms with E-state index in [4.69, 9.17) is 0 Å². The van der Waals surface area contributed by atoms with Gasteiger partial charge >= 0.3 is 0 Å². The van der Waals surface area contributed by atoms with E-state index in [-0.39, 0.29) is 5.56 Å². The zero-order valence-corrected chi connectivity index (χ0v) is 8.18. The minimum atomic E-state index is 0.0731. The Balaban J connectivity index is 0.000000396. The molecular weight excluding hydrogens is 164 g/mol. The minimum absolute atomic E-state index is 0.0731. The van der Waals surface area contributed by atoms with Crippen molar-refractivity contribution in [3.8, 4) is 0 Å². The van der Waals surface area contributed by atoms with E-state index < -0.39 is 0 Å². The van der Waals surface area contributed by atoms with Crippen molar-refractivity contribution in [2.24, 2.45) is 0 Å². The van der Waals surface area contributed by atoms with E-state index in [1.165, 1.54) is 0 Å². The first-order valence-corrected chi connectivity index (χ1v) is 4.78. The second kappa shape index (κ2) is 4.82.